The van der Waals surface area contributed by atoms with Gasteiger partial charge in [0.05, 0.1) is 14.2 Å². The first-order valence-corrected chi connectivity index (χ1v) is 7.03. The van der Waals surface area contributed by atoms with E-state index in [1.54, 1.807) is 0 Å². The van der Waals surface area contributed by atoms with Crippen LogP contribution in [0.4, 0.5) is 5.95 Å². The minimum absolute atomic E-state index is 0.250. The Bertz CT molecular complexity index is 343. The average molecular weight is 272 g/mol. The third kappa shape index (κ3) is 4.95. The highest BCUT2D eigenvalue weighted by molar-refractivity contribution is 7.99. The van der Waals surface area contributed by atoms with Crippen LogP contribution in [0.1, 0.15) is 20.3 Å². The number of rotatable bonds is 8. The van der Waals surface area contributed by atoms with E-state index in [-0.39, 0.29) is 12.0 Å². The molecule has 0 spiro atoms. The Kier molecular flexibility index (Phi) is 6.56. The van der Waals surface area contributed by atoms with Crippen LogP contribution in [0.5, 0.6) is 12.0 Å². The van der Waals surface area contributed by atoms with E-state index in [0.29, 0.717) is 12.0 Å². The molecule has 1 aromatic rings. The SMILES string of the molecule is CCSCCC(C)Nc1nc(OC)nc(OC)n1. The summed E-state index contributed by atoms with van der Waals surface area (Å²) < 4.78 is 9.98. The molecule has 0 aromatic carbocycles. The molecule has 7 heteroatoms. The summed E-state index contributed by atoms with van der Waals surface area (Å²) in [5, 5.41) is 3.21. The van der Waals surface area contributed by atoms with Crippen LogP contribution in [0.15, 0.2) is 0 Å². The number of nitrogens with one attached hydrogen (secondary N) is 1. The van der Waals surface area contributed by atoms with Crippen molar-refractivity contribution in [2.24, 2.45) is 0 Å². The molecule has 0 aliphatic heterocycles. The molecule has 6 nitrogen and oxygen atoms in total. The van der Waals surface area contributed by atoms with Crippen molar-refractivity contribution in [1.82, 2.24) is 15.0 Å². The Morgan fingerprint density at radius 3 is 2.28 bits per heavy atom. The smallest absolute Gasteiger partial charge is 0.324 e. The van der Waals surface area contributed by atoms with Crippen LogP contribution in [0.3, 0.4) is 0 Å². The quantitative estimate of drug-likeness (QED) is 0.724. The lowest BCUT2D eigenvalue weighted by Crippen LogP contribution is -2.18. The van der Waals surface area contributed by atoms with Gasteiger partial charge in [0.25, 0.3) is 0 Å². The van der Waals surface area contributed by atoms with Gasteiger partial charge in [-0.2, -0.15) is 21.7 Å². The molecule has 0 amide bonds. The van der Waals surface area contributed by atoms with Crippen LogP contribution in [-0.2, 0) is 0 Å². The van der Waals surface area contributed by atoms with Gasteiger partial charge in [0.1, 0.15) is 0 Å². The number of hydrogen-bond acceptors (Lipinski definition) is 7. The highest BCUT2D eigenvalue weighted by Crippen LogP contribution is 2.14. The molecule has 0 saturated carbocycles. The summed E-state index contributed by atoms with van der Waals surface area (Å²) in [5.74, 6) is 2.73. The van der Waals surface area contributed by atoms with Crippen molar-refractivity contribution in [1.29, 1.82) is 0 Å². The van der Waals surface area contributed by atoms with Crippen molar-refractivity contribution in [3.8, 4) is 12.0 Å². The second-order valence-corrected chi connectivity index (χ2v) is 5.06. The van der Waals surface area contributed by atoms with E-state index in [1.807, 2.05) is 11.8 Å². The highest BCUT2D eigenvalue weighted by atomic mass is 32.2. The number of ether oxygens (including phenoxy) is 2. The van der Waals surface area contributed by atoms with Crippen LogP contribution in [0, 0.1) is 0 Å². The summed E-state index contributed by atoms with van der Waals surface area (Å²) in [6.07, 6.45) is 1.05. The normalized spacial score (nSPS) is 12.0. The van der Waals surface area contributed by atoms with Gasteiger partial charge in [-0.1, -0.05) is 6.92 Å². The largest absolute Gasteiger partial charge is 0.467 e. The second-order valence-electron chi connectivity index (χ2n) is 3.66. The summed E-state index contributed by atoms with van der Waals surface area (Å²) in [4.78, 5) is 12.2. The lowest BCUT2D eigenvalue weighted by molar-refractivity contribution is 0.341. The molecule has 0 radical (unpaired) electrons. The van der Waals surface area contributed by atoms with E-state index in [1.165, 1.54) is 14.2 Å². The molecule has 0 bridgehead atoms. The molecule has 0 saturated heterocycles. The fraction of sp³-hybridized carbons (Fsp3) is 0.727. The van der Waals surface area contributed by atoms with Crippen LogP contribution < -0.4 is 14.8 Å². The monoisotopic (exact) mass is 272 g/mol. The molecular weight excluding hydrogens is 252 g/mol. The molecule has 1 aromatic heterocycles. The van der Waals surface area contributed by atoms with Gasteiger partial charge in [-0.05, 0) is 24.9 Å². The standard InChI is InChI=1S/C11H20N4O2S/c1-5-18-7-6-8(2)12-9-13-10(16-3)15-11(14-9)17-4/h8H,5-7H2,1-4H3,(H,12,13,14,15). The van der Waals surface area contributed by atoms with E-state index in [0.717, 1.165) is 17.9 Å². The molecule has 1 atom stereocenters. The molecular formula is C11H20N4O2S. The lowest BCUT2D eigenvalue weighted by atomic mass is 10.3. The Morgan fingerprint density at radius 2 is 1.78 bits per heavy atom. The maximum Gasteiger partial charge on any atom is 0.324 e. The molecule has 1 heterocycles. The molecule has 1 N–H and O–H groups in total. The molecule has 18 heavy (non-hydrogen) atoms. The van der Waals surface area contributed by atoms with E-state index in [9.17, 15) is 0 Å². The number of anilines is 1. The van der Waals surface area contributed by atoms with Crippen molar-refractivity contribution >= 4 is 17.7 Å². The molecule has 1 unspecified atom stereocenters. The van der Waals surface area contributed by atoms with E-state index in [2.05, 4.69) is 34.1 Å². The predicted octanol–water partition coefficient (Wildman–Crippen LogP) is 1.83. The minimum Gasteiger partial charge on any atom is -0.467 e. The molecule has 102 valence electrons. The van der Waals surface area contributed by atoms with Gasteiger partial charge in [-0.25, -0.2) is 0 Å². The van der Waals surface area contributed by atoms with Gasteiger partial charge in [-0.3, -0.25) is 0 Å². The maximum absolute atomic E-state index is 4.99. The van der Waals surface area contributed by atoms with E-state index in [4.69, 9.17) is 9.47 Å². The van der Waals surface area contributed by atoms with Gasteiger partial charge in [0.15, 0.2) is 0 Å². The zero-order valence-corrected chi connectivity index (χ0v) is 12.1. The zero-order valence-electron chi connectivity index (χ0n) is 11.3. The van der Waals surface area contributed by atoms with Gasteiger partial charge in [0, 0.05) is 6.04 Å². The Morgan fingerprint density at radius 1 is 1.17 bits per heavy atom. The third-order valence-electron chi connectivity index (χ3n) is 2.23. The average Bonchev–Trinajstić information content (AvgIpc) is 2.38. The van der Waals surface area contributed by atoms with Crippen LogP contribution in [0.2, 0.25) is 0 Å². The minimum atomic E-state index is 0.250. The first-order chi connectivity index (χ1) is 8.69. The van der Waals surface area contributed by atoms with E-state index >= 15 is 0 Å². The third-order valence-corrected chi connectivity index (χ3v) is 3.17. The first-order valence-electron chi connectivity index (χ1n) is 5.88. The summed E-state index contributed by atoms with van der Waals surface area (Å²) in [6.45, 7) is 4.25. The summed E-state index contributed by atoms with van der Waals surface area (Å²) in [5.41, 5.74) is 0. The first kappa shape index (κ1) is 14.8. The summed E-state index contributed by atoms with van der Waals surface area (Å²) >= 11 is 1.92. The number of methoxy groups -OCH3 is 2. The van der Waals surface area contributed by atoms with Crippen molar-refractivity contribution in [3.05, 3.63) is 0 Å². The molecule has 0 fully saturated rings. The Labute approximate surface area is 112 Å². The lowest BCUT2D eigenvalue weighted by Gasteiger charge is -2.13. The van der Waals surface area contributed by atoms with Crippen molar-refractivity contribution in [2.75, 3.05) is 31.0 Å². The van der Waals surface area contributed by atoms with Crippen LogP contribution in [-0.4, -0.2) is 46.7 Å². The number of aromatic nitrogens is 3. The summed E-state index contributed by atoms with van der Waals surface area (Å²) in [6, 6.07) is 0.792. The Hall–Kier alpha value is -1.24. The molecule has 0 aliphatic carbocycles. The zero-order chi connectivity index (χ0) is 13.4. The van der Waals surface area contributed by atoms with Crippen molar-refractivity contribution < 1.29 is 9.47 Å². The van der Waals surface area contributed by atoms with Gasteiger partial charge >= 0.3 is 12.0 Å². The number of hydrogen-bond donors (Lipinski definition) is 1. The number of thioether (sulfide) groups is 1. The number of nitrogens with zero attached hydrogens (tertiary/aromatic N) is 3. The highest BCUT2D eigenvalue weighted by Gasteiger charge is 2.09. The summed E-state index contributed by atoms with van der Waals surface area (Å²) in [7, 11) is 3.03. The maximum atomic E-state index is 4.99. The van der Waals surface area contributed by atoms with Gasteiger partial charge < -0.3 is 14.8 Å². The van der Waals surface area contributed by atoms with E-state index < -0.39 is 0 Å². The fourth-order valence-corrected chi connectivity index (χ4v) is 2.09. The van der Waals surface area contributed by atoms with Crippen LogP contribution in [0.25, 0.3) is 0 Å². The Balaban J connectivity index is 2.59. The fourth-order valence-electron chi connectivity index (χ4n) is 1.28. The van der Waals surface area contributed by atoms with Crippen molar-refractivity contribution in [2.45, 2.75) is 26.3 Å². The van der Waals surface area contributed by atoms with Gasteiger partial charge in [-0.15, -0.1) is 4.98 Å². The van der Waals surface area contributed by atoms with Crippen LogP contribution >= 0.6 is 11.8 Å². The predicted molar refractivity (Wildman–Crippen MR) is 73.6 cm³/mol. The topological polar surface area (TPSA) is 69.2 Å². The van der Waals surface area contributed by atoms with Gasteiger partial charge in [0.2, 0.25) is 5.95 Å². The van der Waals surface area contributed by atoms with Crippen molar-refractivity contribution in [3.63, 3.8) is 0 Å². The second kappa shape index (κ2) is 7.97. The molecule has 1 rings (SSSR count). The molecule has 0 aliphatic rings.